The zero-order chi connectivity index (χ0) is 14.7. The average Bonchev–Trinajstić information content (AvgIpc) is 2.43. The number of aryl methyl sites for hydroxylation is 1. The SMILES string of the molecule is CCOc1ccc(C(=O)c2cccc(C)c2Br)cc1Br. The molecule has 0 saturated heterocycles. The minimum atomic E-state index is -0.00989. The largest absolute Gasteiger partial charge is 0.493 e. The van der Waals surface area contributed by atoms with E-state index in [1.165, 1.54) is 0 Å². The highest BCUT2D eigenvalue weighted by molar-refractivity contribution is 9.11. The second kappa shape index (κ2) is 6.55. The molecule has 0 fully saturated rings. The standard InChI is InChI=1S/C16H14Br2O2/c1-3-20-14-8-7-11(9-13(14)17)16(19)12-6-4-5-10(2)15(12)18/h4-9H,3H2,1-2H3. The number of rotatable bonds is 4. The topological polar surface area (TPSA) is 26.3 Å². The first kappa shape index (κ1) is 15.3. The summed E-state index contributed by atoms with van der Waals surface area (Å²) in [6.45, 7) is 4.49. The molecule has 2 aromatic rings. The molecule has 0 amide bonds. The fourth-order valence-electron chi connectivity index (χ4n) is 1.89. The zero-order valence-electron chi connectivity index (χ0n) is 11.2. The Kier molecular flexibility index (Phi) is 5.00. The van der Waals surface area contributed by atoms with E-state index in [0.717, 1.165) is 20.3 Å². The smallest absolute Gasteiger partial charge is 0.194 e. The summed E-state index contributed by atoms with van der Waals surface area (Å²) in [5, 5.41) is 0. The van der Waals surface area contributed by atoms with E-state index in [-0.39, 0.29) is 5.78 Å². The molecule has 0 aliphatic heterocycles. The van der Waals surface area contributed by atoms with Crippen molar-refractivity contribution >= 4 is 37.6 Å². The van der Waals surface area contributed by atoms with Gasteiger partial charge in [0.05, 0.1) is 11.1 Å². The van der Waals surface area contributed by atoms with Crippen LogP contribution in [0.15, 0.2) is 45.3 Å². The third kappa shape index (κ3) is 3.13. The molecule has 20 heavy (non-hydrogen) atoms. The second-order valence-corrected chi connectivity index (χ2v) is 5.99. The first-order valence-corrected chi connectivity index (χ1v) is 7.85. The molecule has 2 nitrogen and oxygen atoms in total. The van der Waals surface area contributed by atoms with Crippen molar-refractivity contribution in [2.75, 3.05) is 6.61 Å². The number of carbonyl (C=O) groups is 1. The van der Waals surface area contributed by atoms with Gasteiger partial charge in [-0.1, -0.05) is 12.1 Å². The van der Waals surface area contributed by atoms with Gasteiger partial charge in [-0.25, -0.2) is 0 Å². The number of benzene rings is 2. The zero-order valence-corrected chi connectivity index (χ0v) is 14.4. The number of hydrogen-bond acceptors (Lipinski definition) is 2. The van der Waals surface area contributed by atoms with Gasteiger partial charge < -0.3 is 4.74 Å². The van der Waals surface area contributed by atoms with Crippen LogP contribution in [-0.4, -0.2) is 12.4 Å². The van der Waals surface area contributed by atoms with Gasteiger partial charge in [0.2, 0.25) is 0 Å². The Bertz CT molecular complexity index is 651. The Morgan fingerprint density at radius 2 is 1.95 bits per heavy atom. The van der Waals surface area contributed by atoms with Crippen LogP contribution in [0.5, 0.6) is 5.75 Å². The third-order valence-electron chi connectivity index (χ3n) is 2.93. The number of carbonyl (C=O) groups excluding carboxylic acids is 1. The van der Waals surface area contributed by atoms with E-state index in [2.05, 4.69) is 31.9 Å². The van der Waals surface area contributed by atoms with Gasteiger partial charge in [-0.2, -0.15) is 0 Å². The van der Waals surface area contributed by atoms with Crippen LogP contribution in [0.2, 0.25) is 0 Å². The Hall–Kier alpha value is -1.13. The highest BCUT2D eigenvalue weighted by Gasteiger charge is 2.15. The van der Waals surface area contributed by atoms with Gasteiger partial charge in [-0.3, -0.25) is 4.79 Å². The predicted octanol–water partition coefficient (Wildman–Crippen LogP) is 5.15. The summed E-state index contributed by atoms with van der Waals surface area (Å²) in [6.07, 6.45) is 0. The van der Waals surface area contributed by atoms with E-state index in [1.807, 2.05) is 38.1 Å². The van der Waals surface area contributed by atoms with Gasteiger partial charge >= 0.3 is 0 Å². The first-order valence-electron chi connectivity index (χ1n) is 6.26. The lowest BCUT2D eigenvalue weighted by Gasteiger charge is -2.09. The highest BCUT2D eigenvalue weighted by atomic mass is 79.9. The lowest BCUT2D eigenvalue weighted by molar-refractivity contribution is 0.103. The Balaban J connectivity index is 2.39. The minimum Gasteiger partial charge on any atom is -0.493 e. The van der Waals surface area contributed by atoms with Crippen molar-refractivity contribution in [2.45, 2.75) is 13.8 Å². The van der Waals surface area contributed by atoms with Crippen molar-refractivity contribution in [3.05, 3.63) is 62.0 Å². The summed E-state index contributed by atoms with van der Waals surface area (Å²) in [5.41, 5.74) is 2.34. The lowest BCUT2D eigenvalue weighted by Crippen LogP contribution is -2.04. The summed E-state index contributed by atoms with van der Waals surface area (Å²) in [7, 11) is 0. The van der Waals surface area contributed by atoms with E-state index in [0.29, 0.717) is 17.7 Å². The molecule has 0 aromatic heterocycles. The summed E-state index contributed by atoms with van der Waals surface area (Å²) >= 11 is 6.91. The Labute approximate surface area is 135 Å². The molecular weight excluding hydrogens is 384 g/mol. The van der Waals surface area contributed by atoms with E-state index < -0.39 is 0 Å². The van der Waals surface area contributed by atoms with Crippen LogP contribution < -0.4 is 4.74 Å². The normalized spacial score (nSPS) is 10.4. The summed E-state index contributed by atoms with van der Waals surface area (Å²) < 4.78 is 7.08. The van der Waals surface area contributed by atoms with Crippen molar-refractivity contribution in [1.29, 1.82) is 0 Å². The van der Waals surface area contributed by atoms with Crippen molar-refractivity contribution in [1.82, 2.24) is 0 Å². The summed E-state index contributed by atoms with van der Waals surface area (Å²) in [6, 6.07) is 11.1. The van der Waals surface area contributed by atoms with Crippen LogP contribution in [0.1, 0.15) is 28.4 Å². The maximum atomic E-state index is 12.5. The molecule has 0 unspecified atom stereocenters. The Morgan fingerprint density at radius 1 is 1.20 bits per heavy atom. The molecule has 0 atom stereocenters. The lowest BCUT2D eigenvalue weighted by atomic mass is 10.0. The average molecular weight is 398 g/mol. The monoisotopic (exact) mass is 396 g/mol. The molecule has 2 aromatic carbocycles. The van der Waals surface area contributed by atoms with E-state index in [4.69, 9.17) is 4.74 Å². The molecule has 0 aliphatic rings. The molecule has 0 saturated carbocycles. The number of ether oxygens (including phenoxy) is 1. The molecule has 0 radical (unpaired) electrons. The van der Waals surface area contributed by atoms with Crippen molar-refractivity contribution in [3.63, 3.8) is 0 Å². The second-order valence-electron chi connectivity index (χ2n) is 4.34. The van der Waals surface area contributed by atoms with Gasteiger partial charge in [-0.05, 0) is 75.5 Å². The Morgan fingerprint density at radius 3 is 2.60 bits per heavy atom. The number of hydrogen-bond donors (Lipinski definition) is 0. The molecule has 4 heteroatoms. The molecular formula is C16H14Br2O2. The minimum absolute atomic E-state index is 0.00989. The van der Waals surface area contributed by atoms with Crippen molar-refractivity contribution in [2.24, 2.45) is 0 Å². The van der Waals surface area contributed by atoms with Crippen LogP contribution in [0, 0.1) is 6.92 Å². The fraction of sp³-hybridized carbons (Fsp3) is 0.188. The van der Waals surface area contributed by atoms with Crippen LogP contribution in [0.4, 0.5) is 0 Å². The number of ketones is 1. The van der Waals surface area contributed by atoms with Crippen LogP contribution in [0.3, 0.4) is 0 Å². The van der Waals surface area contributed by atoms with E-state index >= 15 is 0 Å². The van der Waals surface area contributed by atoms with E-state index in [1.54, 1.807) is 12.1 Å². The van der Waals surface area contributed by atoms with Crippen molar-refractivity contribution in [3.8, 4) is 5.75 Å². The molecule has 104 valence electrons. The maximum Gasteiger partial charge on any atom is 0.194 e. The fourth-order valence-corrected chi connectivity index (χ4v) is 2.83. The first-order chi connectivity index (χ1) is 9.54. The molecule has 0 spiro atoms. The van der Waals surface area contributed by atoms with Crippen LogP contribution in [0.25, 0.3) is 0 Å². The molecule has 0 bridgehead atoms. The predicted molar refractivity (Wildman–Crippen MR) is 87.6 cm³/mol. The van der Waals surface area contributed by atoms with Gasteiger partial charge in [0, 0.05) is 15.6 Å². The summed E-state index contributed by atoms with van der Waals surface area (Å²) in [5.74, 6) is 0.733. The highest BCUT2D eigenvalue weighted by Crippen LogP contribution is 2.29. The van der Waals surface area contributed by atoms with Crippen LogP contribution in [-0.2, 0) is 0 Å². The van der Waals surface area contributed by atoms with Crippen LogP contribution >= 0.6 is 31.9 Å². The van der Waals surface area contributed by atoms with E-state index in [9.17, 15) is 4.79 Å². The third-order valence-corrected chi connectivity index (χ3v) is 4.60. The maximum absolute atomic E-state index is 12.5. The number of halogens is 2. The molecule has 0 heterocycles. The molecule has 2 rings (SSSR count). The summed E-state index contributed by atoms with van der Waals surface area (Å²) in [4.78, 5) is 12.5. The van der Waals surface area contributed by atoms with Gasteiger partial charge in [-0.15, -0.1) is 0 Å². The van der Waals surface area contributed by atoms with Gasteiger partial charge in [0.15, 0.2) is 5.78 Å². The van der Waals surface area contributed by atoms with Gasteiger partial charge in [0.1, 0.15) is 5.75 Å². The molecule has 0 aliphatic carbocycles. The quantitative estimate of drug-likeness (QED) is 0.667. The van der Waals surface area contributed by atoms with Crippen molar-refractivity contribution < 1.29 is 9.53 Å². The van der Waals surface area contributed by atoms with Gasteiger partial charge in [0.25, 0.3) is 0 Å². The molecule has 0 N–H and O–H groups in total.